The molecule has 0 amide bonds. The van der Waals surface area contributed by atoms with Gasteiger partial charge in [0.2, 0.25) is 5.88 Å². The number of aryl methyl sites for hydroxylation is 1. The van der Waals surface area contributed by atoms with Crippen LogP contribution in [0, 0.1) is 29.8 Å². The van der Waals surface area contributed by atoms with Gasteiger partial charge < -0.3 is 19.1 Å². The van der Waals surface area contributed by atoms with Crippen molar-refractivity contribution in [2.75, 3.05) is 13.2 Å². The molecule has 0 radical (unpaired) electrons. The predicted octanol–water partition coefficient (Wildman–Crippen LogP) is 7.29. The predicted molar refractivity (Wildman–Crippen MR) is 158 cm³/mol. The van der Waals surface area contributed by atoms with Gasteiger partial charge in [0, 0.05) is 29.0 Å². The quantitative estimate of drug-likeness (QED) is 0.201. The van der Waals surface area contributed by atoms with Gasteiger partial charge in [-0.1, -0.05) is 32.0 Å². The summed E-state index contributed by atoms with van der Waals surface area (Å²) in [6.45, 7) is 6.66. The molecule has 226 valence electrons. The van der Waals surface area contributed by atoms with Gasteiger partial charge in [0.05, 0.1) is 41.5 Å². The summed E-state index contributed by atoms with van der Waals surface area (Å²) in [5.74, 6) is -2.20. The fourth-order valence-electron chi connectivity index (χ4n) is 5.58. The number of carboxylic acids is 1. The summed E-state index contributed by atoms with van der Waals surface area (Å²) >= 11 is 0. The molecule has 0 unspecified atom stereocenters. The smallest absolute Gasteiger partial charge is 0.335 e. The summed E-state index contributed by atoms with van der Waals surface area (Å²) in [5, 5.41) is 9.58. The van der Waals surface area contributed by atoms with Crippen LogP contribution in [0.4, 0.5) is 13.2 Å². The number of aromatic carboxylic acids is 1. The van der Waals surface area contributed by atoms with E-state index in [9.17, 15) is 14.3 Å². The Bertz CT molecular complexity index is 1900. The van der Waals surface area contributed by atoms with Crippen molar-refractivity contribution in [2.45, 2.75) is 39.8 Å². The Morgan fingerprint density at radius 1 is 1.00 bits per heavy atom. The van der Waals surface area contributed by atoms with Gasteiger partial charge >= 0.3 is 5.97 Å². The SMILES string of the molecule is Cc1ccc(COc2cccc(-c3cc(F)c(Cc4nc5ccc(C(=O)O)cc5n4[C@@H]4COCC4(C)C)cc3F)n2)c(F)c1. The molecule has 1 N–H and O–H groups in total. The van der Waals surface area contributed by atoms with E-state index in [1.165, 1.54) is 12.1 Å². The number of ether oxygens (including phenoxy) is 2. The Labute approximate surface area is 251 Å². The van der Waals surface area contributed by atoms with Gasteiger partial charge in [0.15, 0.2) is 0 Å². The zero-order valence-corrected chi connectivity index (χ0v) is 24.4. The van der Waals surface area contributed by atoms with E-state index in [1.807, 2.05) is 18.4 Å². The van der Waals surface area contributed by atoms with E-state index >= 15 is 8.78 Å². The van der Waals surface area contributed by atoms with Crippen LogP contribution in [0.3, 0.4) is 0 Å². The second-order valence-corrected chi connectivity index (χ2v) is 11.8. The molecule has 3 aromatic carbocycles. The zero-order valence-electron chi connectivity index (χ0n) is 24.4. The fraction of sp³-hybridized carbons (Fsp3) is 0.265. The number of carbonyl (C=O) groups is 1. The lowest BCUT2D eigenvalue weighted by molar-refractivity contribution is 0.0697. The van der Waals surface area contributed by atoms with E-state index < -0.39 is 23.4 Å². The monoisotopic (exact) mass is 601 g/mol. The van der Waals surface area contributed by atoms with Crippen LogP contribution >= 0.6 is 0 Å². The molecule has 1 aliphatic rings. The molecular weight excluding hydrogens is 571 g/mol. The molecule has 1 aliphatic heterocycles. The van der Waals surface area contributed by atoms with Crippen molar-refractivity contribution in [1.82, 2.24) is 14.5 Å². The number of rotatable bonds is 8. The molecule has 10 heteroatoms. The third-order valence-electron chi connectivity index (χ3n) is 8.04. The number of carboxylic acid groups (broad SMARTS) is 1. The van der Waals surface area contributed by atoms with E-state index in [0.29, 0.717) is 35.6 Å². The minimum absolute atomic E-state index is 0.0363. The van der Waals surface area contributed by atoms with Crippen molar-refractivity contribution in [1.29, 1.82) is 0 Å². The Hall–Kier alpha value is -4.70. The van der Waals surface area contributed by atoms with Gasteiger partial charge in [0.1, 0.15) is 29.9 Å². The number of imidazole rings is 1. The van der Waals surface area contributed by atoms with Gasteiger partial charge in [-0.15, -0.1) is 0 Å². The van der Waals surface area contributed by atoms with Crippen LogP contribution in [0.1, 0.15) is 52.8 Å². The second kappa shape index (κ2) is 11.4. The first kappa shape index (κ1) is 29.4. The maximum Gasteiger partial charge on any atom is 0.335 e. The molecule has 0 saturated carbocycles. The number of hydrogen-bond acceptors (Lipinski definition) is 5. The minimum atomic E-state index is -1.07. The average molecular weight is 602 g/mol. The van der Waals surface area contributed by atoms with Crippen molar-refractivity contribution in [3.8, 4) is 17.1 Å². The molecule has 44 heavy (non-hydrogen) atoms. The molecule has 3 heterocycles. The molecule has 1 atom stereocenters. The highest BCUT2D eigenvalue weighted by atomic mass is 19.1. The molecule has 1 fully saturated rings. The summed E-state index contributed by atoms with van der Waals surface area (Å²) < 4.78 is 58.7. The topological polar surface area (TPSA) is 86.5 Å². The minimum Gasteiger partial charge on any atom is -0.478 e. The molecule has 1 saturated heterocycles. The van der Waals surface area contributed by atoms with Crippen LogP contribution in [0.2, 0.25) is 0 Å². The summed E-state index contributed by atoms with van der Waals surface area (Å²) in [6, 6.07) is 16.2. The third kappa shape index (κ3) is 5.65. The zero-order chi connectivity index (χ0) is 31.2. The van der Waals surface area contributed by atoms with Crippen molar-refractivity contribution in [3.05, 3.63) is 112 Å². The van der Waals surface area contributed by atoms with Crippen LogP contribution in [0.5, 0.6) is 5.88 Å². The average Bonchev–Trinajstić information content (AvgIpc) is 3.51. The van der Waals surface area contributed by atoms with Gasteiger partial charge in [-0.3, -0.25) is 0 Å². The molecular formula is C34H30F3N3O4. The Kier molecular flexibility index (Phi) is 7.63. The van der Waals surface area contributed by atoms with Gasteiger partial charge in [-0.25, -0.2) is 27.9 Å². The van der Waals surface area contributed by atoms with E-state index in [2.05, 4.69) is 4.98 Å². The van der Waals surface area contributed by atoms with Crippen LogP contribution < -0.4 is 4.74 Å². The fourth-order valence-corrected chi connectivity index (χ4v) is 5.58. The standard InChI is InChI=1S/C34H30F3N3O4/c1-19-7-8-21(24(35)11-19)16-44-32-6-4-5-27(39-32)23-15-25(36)22(12-26(23)37)14-31-38-28-10-9-20(33(41)42)13-29(28)40(31)30-17-43-18-34(30,2)3/h4-13,15,30H,14,16-18H2,1-3H3,(H,41,42)/t30-/m1/s1. The largest absolute Gasteiger partial charge is 0.478 e. The summed E-state index contributed by atoms with van der Waals surface area (Å²) in [4.78, 5) is 20.7. The van der Waals surface area contributed by atoms with E-state index in [0.717, 1.165) is 17.7 Å². The number of hydrogen-bond donors (Lipinski definition) is 1. The van der Waals surface area contributed by atoms with Gasteiger partial charge in [0.25, 0.3) is 0 Å². The summed E-state index contributed by atoms with van der Waals surface area (Å²) in [7, 11) is 0. The first-order chi connectivity index (χ1) is 21.0. The maximum absolute atomic E-state index is 15.6. The maximum atomic E-state index is 15.6. The molecule has 6 rings (SSSR count). The number of pyridine rings is 1. The van der Waals surface area contributed by atoms with E-state index in [-0.39, 0.29) is 52.7 Å². The molecule has 0 spiro atoms. The van der Waals surface area contributed by atoms with Gasteiger partial charge in [-0.05, 0) is 60.5 Å². The molecule has 0 aliphatic carbocycles. The third-order valence-corrected chi connectivity index (χ3v) is 8.04. The van der Waals surface area contributed by atoms with Gasteiger partial charge in [-0.2, -0.15) is 0 Å². The lowest BCUT2D eigenvalue weighted by Gasteiger charge is -2.28. The van der Waals surface area contributed by atoms with Crippen molar-refractivity contribution < 1.29 is 32.5 Å². The normalized spacial score (nSPS) is 16.0. The summed E-state index contributed by atoms with van der Waals surface area (Å²) in [6.07, 6.45) is -0.0363. The molecule has 0 bridgehead atoms. The van der Waals surface area contributed by atoms with Crippen molar-refractivity contribution >= 4 is 17.0 Å². The first-order valence-electron chi connectivity index (χ1n) is 14.2. The van der Waals surface area contributed by atoms with Crippen LogP contribution in [0.15, 0.2) is 66.7 Å². The Morgan fingerprint density at radius 2 is 1.80 bits per heavy atom. The number of aromatic nitrogens is 3. The van der Waals surface area contributed by atoms with Crippen LogP contribution in [0.25, 0.3) is 22.3 Å². The Balaban J connectivity index is 1.31. The second-order valence-electron chi connectivity index (χ2n) is 11.8. The highest BCUT2D eigenvalue weighted by Gasteiger charge is 2.39. The lowest BCUT2D eigenvalue weighted by Crippen LogP contribution is -2.27. The van der Waals surface area contributed by atoms with E-state index in [1.54, 1.807) is 49.4 Å². The van der Waals surface area contributed by atoms with Crippen molar-refractivity contribution in [2.24, 2.45) is 5.41 Å². The van der Waals surface area contributed by atoms with Crippen LogP contribution in [-0.2, 0) is 17.8 Å². The highest BCUT2D eigenvalue weighted by molar-refractivity contribution is 5.92. The van der Waals surface area contributed by atoms with Crippen LogP contribution in [-0.4, -0.2) is 38.8 Å². The van der Waals surface area contributed by atoms with E-state index in [4.69, 9.17) is 14.5 Å². The number of fused-ring (bicyclic) bond motifs is 1. The first-order valence-corrected chi connectivity index (χ1v) is 14.2. The summed E-state index contributed by atoms with van der Waals surface area (Å²) in [5.41, 5.74) is 2.27. The number of nitrogens with zero attached hydrogens (tertiary/aromatic N) is 3. The van der Waals surface area contributed by atoms with Crippen molar-refractivity contribution in [3.63, 3.8) is 0 Å². The lowest BCUT2D eigenvalue weighted by atomic mass is 9.87. The molecule has 5 aromatic rings. The Morgan fingerprint density at radius 3 is 2.52 bits per heavy atom. The number of halogens is 3. The molecule has 7 nitrogen and oxygen atoms in total. The highest BCUT2D eigenvalue weighted by Crippen LogP contribution is 2.40. The number of benzene rings is 3. The molecule has 2 aromatic heterocycles.